The van der Waals surface area contributed by atoms with Gasteiger partial charge in [-0.2, -0.15) is 0 Å². The molecule has 0 aliphatic rings. The van der Waals surface area contributed by atoms with E-state index in [0.717, 1.165) is 4.47 Å². The molecule has 0 aliphatic carbocycles. The van der Waals surface area contributed by atoms with Crippen molar-refractivity contribution in [1.82, 2.24) is 0 Å². The van der Waals surface area contributed by atoms with Crippen LogP contribution in [0.5, 0.6) is 5.75 Å². The molecule has 116 valence electrons. The molecule has 6 heteroatoms. The number of anilines is 1. The van der Waals surface area contributed by atoms with E-state index < -0.39 is 0 Å². The quantitative estimate of drug-likeness (QED) is 0.702. The lowest BCUT2D eigenvalue weighted by Gasteiger charge is -2.13. The molecule has 0 heterocycles. The molecule has 0 aromatic heterocycles. The summed E-state index contributed by atoms with van der Waals surface area (Å²) < 4.78 is 6.33. The number of halogens is 3. The van der Waals surface area contributed by atoms with Crippen LogP contribution in [0.4, 0.5) is 5.69 Å². The minimum atomic E-state index is -0.263. The Morgan fingerprint density at radius 2 is 1.91 bits per heavy atom. The first-order valence-corrected chi connectivity index (χ1v) is 8.14. The maximum Gasteiger partial charge on any atom is 0.255 e. The van der Waals surface area contributed by atoms with E-state index in [9.17, 15) is 4.79 Å². The molecule has 0 aliphatic heterocycles. The number of benzene rings is 2. The molecule has 2 aromatic rings. The lowest BCUT2D eigenvalue weighted by Crippen LogP contribution is -2.13. The Kier molecular flexibility index (Phi) is 5.73. The van der Waals surface area contributed by atoms with Crippen LogP contribution in [-0.2, 0) is 0 Å². The summed E-state index contributed by atoms with van der Waals surface area (Å²) in [5, 5.41) is 3.65. The number of nitrogens with one attached hydrogen (secondary N) is 1. The van der Waals surface area contributed by atoms with Gasteiger partial charge in [0.25, 0.3) is 5.91 Å². The second kappa shape index (κ2) is 7.36. The first-order chi connectivity index (χ1) is 10.4. The fourth-order valence-electron chi connectivity index (χ4n) is 1.78. The molecule has 0 saturated carbocycles. The molecule has 0 saturated heterocycles. The average Bonchev–Trinajstić information content (AvgIpc) is 2.43. The van der Waals surface area contributed by atoms with Crippen molar-refractivity contribution in [3.8, 4) is 5.75 Å². The zero-order chi connectivity index (χ0) is 16.3. The third-order valence-electron chi connectivity index (χ3n) is 2.74. The molecule has 0 fully saturated rings. The van der Waals surface area contributed by atoms with Gasteiger partial charge in [0.2, 0.25) is 0 Å². The second-order valence-corrected chi connectivity index (χ2v) is 6.59. The molecule has 0 bridgehead atoms. The fourth-order valence-corrected chi connectivity index (χ4v) is 2.70. The van der Waals surface area contributed by atoms with Gasteiger partial charge in [-0.05, 0) is 66.2 Å². The summed E-state index contributed by atoms with van der Waals surface area (Å²) in [4.78, 5) is 12.3. The summed E-state index contributed by atoms with van der Waals surface area (Å²) in [6.45, 7) is 3.88. The molecule has 3 nitrogen and oxygen atoms in total. The van der Waals surface area contributed by atoms with Gasteiger partial charge < -0.3 is 10.1 Å². The summed E-state index contributed by atoms with van der Waals surface area (Å²) in [6, 6.07) is 10.1. The molecule has 1 N–H and O–H groups in total. The first-order valence-electron chi connectivity index (χ1n) is 6.59. The van der Waals surface area contributed by atoms with Gasteiger partial charge in [-0.25, -0.2) is 0 Å². The highest BCUT2D eigenvalue weighted by Crippen LogP contribution is 2.29. The van der Waals surface area contributed by atoms with Crippen LogP contribution >= 0.6 is 39.1 Å². The topological polar surface area (TPSA) is 38.3 Å². The summed E-state index contributed by atoms with van der Waals surface area (Å²) >= 11 is 15.3. The van der Waals surface area contributed by atoms with Crippen LogP contribution in [0.25, 0.3) is 0 Å². The van der Waals surface area contributed by atoms with E-state index >= 15 is 0 Å². The maximum atomic E-state index is 12.3. The smallest absolute Gasteiger partial charge is 0.255 e. The molecule has 0 unspecified atom stereocenters. The van der Waals surface area contributed by atoms with Crippen molar-refractivity contribution in [2.75, 3.05) is 5.32 Å². The highest BCUT2D eigenvalue weighted by Gasteiger charge is 2.12. The van der Waals surface area contributed by atoms with Crippen LogP contribution in [0.15, 0.2) is 40.9 Å². The van der Waals surface area contributed by atoms with Crippen LogP contribution < -0.4 is 10.1 Å². The SMILES string of the molecule is CC(C)Oc1ccc(C(=O)Nc2ccc(Cl)cc2Cl)cc1Br. The summed E-state index contributed by atoms with van der Waals surface area (Å²) in [5.41, 5.74) is 1.00. The minimum Gasteiger partial charge on any atom is -0.490 e. The molecule has 0 radical (unpaired) electrons. The molecule has 1 amide bonds. The number of ether oxygens (including phenoxy) is 1. The van der Waals surface area contributed by atoms with Crippen molar-refractivity contribution >= 4 is 50.7 Å². The van der Waals surface area contributed by atoms with Gasteiger partial charge in [0.1, 0.15) is 5.75 Å². The van der Waals surface area contributed by atoms with Crippen molar-refractivity contribution < 1.29 is 9.53 Å². The normalized spacial score (nSPS) is 10.6. The van der Waals surface area contributed by atoms with Gasteiger partial charge >= 0.3 is 0 Å². The van der Waals surface area contributed by atoms with Crippen molar-refractivity contribution in [2.45, 2.75) is 20.0 Å². The molecule has 0 spiro atoms. The van der Waals surface area contributed by atoms with Gasteiger partial charge in [-0.15, -0.1) is 0 Å². The fraction of sp³-hybridized carbons (Fsp3) is 0.188. The second-order valence-electron chi connectivity index (χ2n) is 4.89. The highest BCUT2D eigenvalue weighted by molar-refractivity contribution is 9.10. The number of rotatable bonds is 4. The number of hydrogen-bond donors (Lipinski definition) is 1. The first kappa shape index (κ1) is 17.1. The third kappa shape index (κ3) is 4.38. The molecular formula is C16H14BrCl2NO2. The minimum absolute atomic E-state index is 0.0591. The van der Waals surface area contributed by atoms with Crippen LogP contribution in [0, 0.1) is 0 Å². The molecule has 22 heavy (non-hydrogen) atoms. The average molecular weight is 403 g/mol. The predicted octanol–water partition coefficient (Wildman–Crippen LogP) is 5.80. The largest absolute Gasteiger partial charge is 0.490 e. The van der Waals surface area contributed by atoms with Gasteiger partial charge in [-0.3, -0.25) is 4.79 Å². The Hall–Kier alpha value is -1.23. The monoisotopic (exact) mass is 401 g/mol. The lowest BCUT2D eigenvalue weighted by atomic mass is 10.2. The van der Waals surface area contributed by atoms with E-state index in [2.05, 4.69) is 21.2 Å². The standard InChI is InChI=1S/C16H14BrCl2NO2/c1-9(2)22-15-6-3-10(7-12(15)17)16(21)20-14-5-4-11(18)8-13(14)19/h3-9H,1-2H3,(H,20,21). The van der Waals surface area contributed by atoms with E-state index in [4.69, 9.17) is 27.9 Å². The van der Waals surface area contributed by atoms with Crippen molar-refractivity contribution in [3.63, 3.8) is 0 Å². The Balaban J connectivity index is 2.17. The zero-order valence-corrected chi connectivity index (χ0v) is 15.1. The zero-order valence-electron chi connectivity index (χ0n) is 12.0. The molecule has 0 atom stereocenters. The van der Waals surface area contributed by atoms with Crippen LogP contribution in [-0.4, -0.2) is 12.0 Å². The maximum absolute atomic E-state index is 12.3. The van der Waals surface area contributed by atoms with Crippen molar-refractivity contribution in [2.24, 2.45) is 0 Å². The van der Waals surface area contributed by atoms with Crippen LogP contribution in [0.3, 0.4) is 0 Å². The Bertz CT molecular complexity index is 705. The highest BCUT2D eigenvalue weighted by atomic mass is 79.9. The van der Waals surface area contributed by atoms with E-state index in [0.29, 0.717) is 27.0 Å². The van der Waals surface area contributed by atoms with Crippen LogP contribution in [0.2, 0.25) is 10.0 Å². The lowest BCUT2D eigenvalue weighted by molar-refractivity contribution is 0.102. The molecule has 2 rings (SSSR count). The summed E-state index contributed by atoms with van der Waals surface area (Å²) in [5.74, 6) is 0.428. The van der Waals surface area contributed by atoms with Gasteiger partial charge in [0.15, 0.2) is 0 Å². The van der Waals surface area contributed by atoms with E-state index in [1.54, 1.807) is 36.4 Å². The predicted molar refractivity (Wildman–Crippen MR) is 94.3 cm³/mol. The van der Waals surface area contributed by atoms with Gasteiger partial charge in [0, 0.05) is 10.6 Å². The van der Waals surface area contributed by atoms with Gasteiger partial charge in [-0.1, -0.05) is 23.2 Å². The van der Waals surface area contributed by atoms with Crippen molar-refractivity contribution in [1.29, 1.82) is 0 Å². The van der Waals surface area contributed by atoms with Crippen LogP contribution in [0.1, 0.15) is 24.2 Å². The van der Waals surface area contributed by atoms with E-state index in [1.807, 2.05) is 13.8 Å². The van der Waals surface area contributed by atoms with E-state index in [-0.39, 0.29) is 12.0 Å². The number of carbonyl (C=O) groups is 1. The van der Waals surface area contributed by atoms with Gasteiger partial charge in [0.05, 0.1) is 21.3 Å². The molecule has 2 aromatic carbocycles. The molecular weight excluding hydrogens is 389 g/mol. The summed E-state index contributed by atoms with van der Waals surface area (Å²) in [7, 11) is 0. The van der Waals surface area contributed by atoms with E-state index in [1.165, 1.54) is 0 Å². The Labute approximate surface area is 147 Å². The Morgan fingerprint density at radius 3 is 2.50 bits per heavy atom. The number of hydrogen-bond acceptors (Lipinski definition) is 2. The number of carbonyl (C=O) groups excluding carboxylic acids is 1. The Morgan fingerprint density at radius 1 is 1.18 bits per heavy atom. The third-order valence-corrected chi connectivity index (χ3v) is 3.90. The summed E-state index contributed by atoms with van der Waals surface area (Å²) in [6.07, 6.45) is 0.0591. The number of amides is 1. The van der Waals surface area contributed by atoms with Crippen molar-refractivity contribution in [3.05, 3.63) is 56.5 Å².